The standard InChI is InChI=1S/C27H28ClF3N6O3/c28-18-14-17(27(29,30)31)3-4-19(18)33-21(38)15-36-20-2-1-7-26(8-10-32-11-9-26)22(20)24(39)37-25(36)34-23(35-37)16-5-12-40-13-6-16/h3-5,14,32H,1-2,6-13,15H2,(H,33,38). The number of nitrogens with zero attached hydrogens (tertiary/aromatic N) is 4. The van der Waals surface area contributed by atoms with Gasteiger partial charge in [-0.15, -0.1) is 5.10 Å². The molecule has 0 saturated carbocycles. The van der Waals surface area contributed by atoms with Crippen LogP contribution in [0.1, 0.15) is 54.7 Å². The van der Waals surface area contributed by atoms with Crippen LogP contribution in [0.4, 0.5) is 18.9 Å². The number of piperidine rings is 1. The van der Waals surface area contributed by atoms with E-state index in [-0.39, 0.29) is 34.0 Å². The number of benzene rings is 1. The Kier molecular flexibility index (Phi) is 6.96. The summed E-state index contributed by atoms with van der Waals surface area (Å²) >= 11 is 6.09. The number of rotatable bonds is 4. The molecule has 2 aromatic heterocycles. The summed E-state index contributed by atoms with van der Waals surface area (Å²) in [6.45, 7) is 2.32. The van der Waals surface area contributed by atoms with Gasteiger partial charge in [0.05, 0.1) is 29.5 Å². The second-order valence-corrected chi connectivity index (χ2v) is 10.9. The number of hydrogen-bond acceptors (Lipinski definition) is 6. The Morgan fingerprint density at radius 3 is 2.70 bits per heavy atom. The lowest BCUT2D eigenvalue weighted by Gasteiger charge is -2.42. The maximum Gasteiger partial charge on any atom is 0.416 e. The van der Waals surface area contributed by atoms with Crippen LogP contribution in [0, 0.1) is 0 Å². The Balaban J connectivity index is 1.43. The van der Waals surface area contributed by atoms with Crippen molar-refractivity contribution in [1.82, 2.24) is 24.5 Å². The van der Waals surface area contributed by atoms with E-state index in [4.69, 9.17) is 21.3 Å². The molecule has 3 aromatic rings. The van der Waals surface area contributed by atoms with Crippen molar-refractivity contribution in [3.63, 3.8) is 0 Å². The first-order valence-electron chi connectivity index (χ1n) is 13.3. The van der Waals surface area contributed by atoms with E-state index in [0.717, 1.165) is 68.2 Å². The predicted molar refractivity (Wildman–Crippen MR) is 142 cm³/mol. The Morgan fingerprint density at radius 2 is 2.00 bits per heavy atom. The van der Waals surface area contributed by atoms with Crippen molar-refractivity contribution in [3.05, 3.63) is 62.3 Å². The number of carbonyl (C=O) groups is 1. The van der Waals surface area contributed by atoms with Crippen LogP contribution < -0.4 is 16.2 Å². The zero-order valence-electron chi connectivity index (χ0n) is 21.6. The molecule has 0 bridgehead atoms. The molecule has 1 spiro atoms. The summed E-state index contributed by atoms with van der Waals surface area (Å²) in [5, 5.41) is 10.4. The summed E-state index contributed by atoms with van der Waals surface area (Å²) in [7, 11) is 0. The molecule has 4 heterocycles. The molecule has 9 nitrogen and oxygen atoms in total. The molecular weight excluding hydrogens is 549 g/mol. The lowest BCUT2D eigenvalue weighted by atomic mass is 9.66. The smallest absolute Gasteiger partial charge is 0.377 e. The maximum atomic E-state index is 14.0. The van der Waals surface area contributed by atoms with Crippen molar-refractivity contribution in [1.29, 1.82) is 0 Å². The van der Waals surface area contributed by atoms with E-state index >= 15 is 0 Å². The number of halogens is 4. The van der Waals surface area contributed by atoms with Gasteiger partial charge in [0.25, 0.3) is 5.56 Å². The molecule has 40 heavy (non-hydrogen) atoms. The molecule has 1 amide bonds. The van der Waals surface area contributed by atoms with Gasteiger partial charge in [-0.1, -0.05) is 17.7 Å². The molecule has 2 aliphatic heterocycles. The van der Waals surface area contributed by atoms with Crippen molar-refractivity contribution in [2.75, 3.05) is 31.6 Å². The summed E-state index contributed by atoms with van der Waals surface area (Å²) in [4.78, 5) is 32.0. The van der Waals surface area contributed by atoms with Crippen LogP contribution >= 0.6 is 11.6 Å². The molecule has 0 unspecified atom stereocenters. The van der Waals surface area contributed by atoms with E-state index < -0.39 is 17.6 Å². The number of amides is 1. The fourth-order valence-corrected chi connectivity index (χ4v) is 6.40. The van der Waals surface area contributed by atoms with E-state index in [9.17, 15) is 22.8 Å². The third-order valence-corrected chi connectivity index (χ3v) is 8.45. The lowest BCUT2D eigenvalue weighted by Crippen LogP contribution is -2.47. The molecule has 2 N–H and O–H groups in total. The number of aromatic nitrogens is 4. The van der Waals surface area contributed by atoms with Gasteiger partial charge in [0.2, 0.25) is 11.7 Å². The van der Waals surface area contributed by atoms with Gasteiger partial charge < -0.3 is 19.9 Å². The summed E-state index contributed by atoms with van der Waals surface area (Å²) in [5.74, 6) is 0.169. The normalized spacial score (nSPS) is 18.9. The Hall–Kier alpha value is -3.22. The van der Waals surface area contributed by atoms with Crippen LogP contribution in [0.25, 0.3) is 11.4 Å². The summed E-state index contributed by atoms with van der Waals surface area (Å²) in [6, 6.07) is 2.79. The van der Waals surface area contributed by atoms with Gasteiger partial charge in [-0.3, -0.25) is 9.59 Å². The molecule has 212 valence electrons. The van der Waals surface area contributed by atoms with Gasteiger partial charge in [-0.2, -0.15) is 22.7 Å². The number of carbonyl (C=O) groups excluding carboxylic acids is 1. The Labute approximate surface area is 232 Å². The van der Waals surface area contributed by atoms with E-state index in [1.165, 1.54) is 4.52 Å². The van der Waals surface area contributed by atoms with Crippen LogP contribution in [0.2, 0.25) is 5.02 Å². The molecule has 6 rings (SSSR count). The minimum Gasteiger partial charge on any atom is -0.377 e. The zero-order valence-corrected chi connectivity index (χ0v) is 22.4. The van der Waals surface area contributed by atoms with Crippen LogP contribution in [0.15, 0.2) is 29.1 Å². The number of nitrogens with one attached hydrogen (secondary N) is 2. The highest BCUT2D eigenvalue weighted by molar-refractivity contribution is 6.33. The number of ether oxygens (including phenoxy) is 1. The largest absolute Gasteiger partial charge is 0.416 e. The van der Waals surface area contributed by atoms with Gasteiger partial charge in [-0.25, -0.2) is 0 Å². The number of hydrogen-bond donors (Lipinski definition) is 2. The summed E-state index contributed by atoms with van der Waals surface area (Å²) in [5.41, 5.74) is 0.956. The first kappa shape index (κ1) is 27.0. The topological polar surface area (TPSA) is 103 Å². The third-order valence-electron chi connectivity index (χ3n) is 8.13. The van der Waals surface area contributed by atoms with Gasteiger partial charge in [0.15, 0.2) is 5.82 Å². The molecule has 3 aliphatic rings. The number of alkyl halides is 3. The Bertz CT molecular complexity index is 1570. The number of fused-ring (bicyclic) bond motifs is 3. The fourth-order valence-electron chi connectivity index (χ4n) is 6.18. The summed E-state index contributed by atoms with van der Waals surface area (Å²) in [6.07, 6.45) is 1.88. The van der Waals surface area contributed by atoms with Crippen molar-refractivity contribution < 1.29 is 22.7 Å². The molecular formula is C27H28ClF3N6O3. The highest BCUT2D eigenvalue weighted by Crippen LogP contribution is 2.42. The van der Waals surface area contributed by atoms with Crippen LogP contribution in [-0.2, 0) is 34.1 Å². The Morgan fingerprint density at radius 1 is 1.20 bits per heavy atom. The minimum absolute atomic E-state index is 0.0648. The molecule has 13 heteroatoms. The van der Waals surface area contributed by atoms with E-state index in [2.05, 4.69) is 15.7 Å². The van der Waals surface area contributed by atoms with Crippen molar-refractivity contribution in [2.24, 2.45) is 0 Å². The first-order chi connectivity index (χ1) is 19.2. The quantitative estimate of drug-likeness (QED) is 0.487. The van der Waals surface area contributed by atoms with Crippen LogP contribution in [-0.4, -0.2) is 51.4 Å². The highest BCUT2D eigenvalue weighted by atomic mass is 35.5. The minimum atomic E-state index is -4.55. The average Bonchev–Trinajstić information content (AvgIpc) is 3.39. The van der Waals surface area contributed by atoms with Gasteiger partial charge >= 0.3 is 6.18 Å². The molecule has 1 fully saturated rings. The van der Waals surface area contributed by atoms with E-state index in [1.54, 1.807) is 4.57 Å². The second kappa shape index (κ2) is 10.3. The summed E-state index contributed by atoms with van der Waals surface area (Å²) < 4.78 is 47.7. The zero-order chi connectivity index (χ0) is 28.1. The molecule has 1 aliphatic carbocycles. The van der Waals surface area contributed by atoms with Crippen molar-refractivity contribution in [3.8, 4) is 0 Å². The van der Waals surface area contributed by atoms with E-state index in [1.807, 2.05) is 6.08 Å². The van der Waals surface area contributed by atoms with Crippen molar-refractivity contribution in [2.45, 2.75) is 56.7 Å². The van der Waals surface area contributed by atoms with E-state index in [0.29, 0.717) is 37.4 Å². The van der Waals surface area contributed by atoms with Gasteiger partial charge in [0, 0.05) is 16.7 Å². The molecule has 0 radical (unpaired) electrons. The van der Waals surface area contributed by atoms with Crippen LogP contribution in [0.3, 0.4) is 0 Å². The SMILES string of the molecule is O=C(Cn1c2c(c(=O)n3nc(C4=CCOCC4)nc13)C1(CCC2)CCNCC1)Nc1ccc(C(F)(F)F)cc1Cl. The monoisotopic (exact) mass is 576 g/mol. The third kappa shape index (κ3) is 4.82. The highest BCUT2D eigenvalue weighted by Gasteiger charge is 2.42. The van der Waals surface area contributed by atoms with Gasteiger partial charge in [0.1, 0.15) is 6.54 Å². The van der Waals surface area contributed by atoms with Crippen LogP contribution in [0.5, 0.6) is 0 Å². The van der Waals surface area contributed by atoms with Gasteiger partial charge in [-0.05, 0) is 75.4 Å². The average molecular weight is 577 g/mol. The molecule has 1 aromatic carbocycles. The fraction of sp³-hybridized carbons (Fsp3) is 0.481. The molecule has 1 saturated heterocycles. The lowest BCUT2D eigenvalue weighted by molar-refractivity contribution is -0.137. The van der Waals surface area contributed by atoms with Crippen molar-refractivity contribution >= 4 is 34.5 Å². The predicted octanol–water partition coefficient (Wildman–Crippen LogP) is 3.96. The maximum absolute atomic E-state index is 14.0. The second-order valence-electron chi connectivity index (χ2n) is 10.5. The first-order valence-corrected chi connectivity index (χ1v) is 13.7. The number of anilines is 1. The molecule has 0 atom stereocenters.